The second-order valence-corrected chi connectivity index (χ2v) is 12.2. The zero-order valence-electron chi connectivity index (χ0n) is 17.2. The Bertz CT molecular complexity index is 836. The fourth-order valence-electron chi connectivity index (χ4n) is 3.56. The summed E-state index contributed by atoms with van der Waals surface area (Å²) in [5.41, 5.74) is 2.02. The molecule has 0 aliphatic heterocycles. The molecule has 1 atom stereocenters. The number of rotatable bonds is 10. The standard InChI is InChI=1S/C23H28ClF2NOSi/c1-5-18-10-9-11-21(24)23(18)22(28-29(6-2,7-3)8-4)16-27-15-17-12-19(25)14-20(26)13-17/h1,9-14,22,27H,6-8,15-16H2,2-4H3. The fraction of sp³-hybridized carbons (Fsp3) is 0.391. The van der Waals surface area contributed by atoms with Gasteiger partial charge in [-0.15, -0.1) is 6.42 Å². The summed E-state index contributed by atoms with van der Waals surface area (Å²) >= 11 is 6.51. The first-order valence-corrected chi connectivity index (χ1v) is 12.9. The molecule has 2 rings (SSSR count). The first-order chi connectivity index (χ1) is 13.9. The van der Waals surface area contributed by atoms with Crippen LogP contribution in [0.5, 0.6) is 0 Å². The summed E-state index contributed by atoms with van der Waals surface area (Å²) < 4.78 is 33.7. The largest absolute Gasteiger partial charge is 0.409 e. The fourth-order valence-corrected chi connectivity index (χ4v) is 6.66. The molecular weight excluding hydrogens is 408 g/mol. The van der Waals surface area contributed by atoms with Gasteiger partial charge in [0.2, 0.25) is 0 Å². The number of halogens is 3. The number of terminal acetylenes is 1. The number of benzene rings is 2. The Kier molecular flexibility index (Phi) is 8.85. The zero-order chi connectivity index (χ0) is 21.4. The molecule has 2 aromatic rings. The number of hydrogen-bond acceptors (Lipinski definition) is 2. The van der Waals surface area contributed by atoms with Gasteiger partial charge in [0.25, 0.3) is 0 Å². The Balaban J connectivity index is 2.29. The predicted octanol–water partition coefficient (Wildman–Crippen LogP) is 6.45. The molecule has 0 aromatic heterocycles. The van der Waals surface area contributed by atoms with Crippen LogP contribution in [0.3, 0.4) is 0 Å². The van der Waals surface area contributed by atoms with Crippen molar-refractivity contribution in [3.63, 3.8) is 0 Å². The van der Waals surface area contributed by atoms with Gasteiger partial charge in [0, 0.05) is 35.3 Å². The van der Waals surface area contributed by atoms with E-state index < -0.39 is 20.0 Å². The summed E-state index contributed by atoms with van der Waals surface area (Å²) in [4.78, 5) is 0. The Morgan fingerprint density at radius 2 is 1.72 bits per heavy atom. The quantitative estimate of drug-likeness (QED) is 0.342. The molecule has 1 unspecified atom stereocenters. The maximum Gasteiger partial charge on any atom is 0.192 e. The topological polar surface area (TPSA) is 21.3 Å². The van der Waals surface area contributed by atoms with E-state index in [2.05, 4.69) is 32.0 Å². The minimum atomic E-state index is -1.96. The lowest BCUT2D eigenvalue weighted by atomic mass is 10.0. The van der Waals surface area contributed by atoms with E-state index >= 15 is 0 Å². The Morgan fingerprint density at radius 3 is 2.28 bits per heavy atom. The predicted molar refractivity (Wildman–Crippen MR) is 118 cm³/mol. The Hall–Kier alpha value is -1.71. The molecule has 0 aliphatic carbocycles. The third-order valence-corrected chi connectivity index (χ3v) is 10.4. The van der Waals surface area contributed by atoms with Crippen molar-refractivity contribution in [2.45, 2.75) is 51.6 Å². The third kappa shape index (κ3) is 6.13. The smallest absolute Gasteiger partial charge is 0.192 e. The summed E-state index contributed by atoms with van der Waals surface area (Å²) in [5, 5.41) is 3.83. The van der Waals surface area contributed by atoms with Crippen LogP contribution in [0.1, 0.15) is 43.6 Å². The van der Waals surface area contributed by atoms with Gasteiger partial charge in [0.1, 0.15) is 11.6 Å². The van der Waals surface area contributed by atoms with Gasteiger partial charge in [-0.3, -0.25) is 0 Å². The highest BCUT2D eigenvalue weighted by atomic mass is 35.5. The maximum absolute atomic E-state index is 13.5. The highest BCUT2D eigenvalue weighted by Gasteiger charge is 2.33. The molecule has 0 amide bonds. The van der Waals surface area contributed by atoms with Gasteiger partial charge in [0.15, 0.2) is 8.32 Å². The summed E-state index contributed by atoms with van der Waals surface area (Å²) in [6, 6.07) is 11.9. The van der Waals surface area contributed by atoms with Crippen LogP contribution in [0.2, 0.25) is 23.2 Å². The molecular formula is C23H28ClF2NOSi. The van der Waals surface area contributed by atoms with Crippen LogP contribution in [0.4, 0.5) is 8.78 Å². The van der Waals surface area contributed by atoms with E-state index in [9.17, 15) is 8.78 Å². The van der Waals surface area contributed by atoms with Gasteiger partial charge in [-0.05, 0) is 48.0 Å². The van der Waals surface area contributed by atoms with Crippen molar-refractivity contribution in [1.29, 1.82) is 0 Å². The van der Waals surface area contributed by atoms with Gasteiger partial charge < -0.3 is 9.74 Å². The van der Waals surface area contributed by atoms with E-state index in [0.717, 1.165) is 29.8 Å². The van der Waals surface area contributed by atoms with E-state index in [1.165, 1.54) is 12.1 Å². The van der Waals surface area contributed by atoms with Crippen molar-refractivity contribution in [1.82, 2.24) is 5.32 Å². The number of nitrogens with one attached hydrogen (secondary N) is 1. The third-order valence-electron chi connectivity index (χ3n) is 5.44. The van der Waals surface area contributed by atoms with E-state index in [1.807, 2.05) is 18.2 Å². The van der Waals surface area contributed by atoms with Crippen molar-refractivity contribution in [3.8, 4) is 12.3 Å². The number of hydrogen-bond donors (Lipinski definition) is 1. The molecule has 1 N–H and O–H groups in total. The summed E-state index contributed by atoms with van der Waals surface area (Å²) in [5.74, 6) is 1.52. The second-order valence-electron chi connectivity index (χ2n) is 7.10. The summed E-state index contributed by atoms with van der Waals surface area (Å²) in [6.45, 7) is 7.23. The average Bonchev–Trinajstić information content (AvgIpc) is 2.70. The monoisotopic (exact) mass is 435 g/mol. The molecule has 2 nitrogen and oxygen atoms in total. The van der Waals surface area contributed by atoms with E-state index in [4.69, 9.17) is 22.5 Å². The summed E-state index contributed by atoms with van der Waals surface area (Å²) in [6.07, 6.45) is 5.38. The molecule has 0 heterocycles. The molecule has 29 heavy (non-hydrogen) atoms. The molecule has 2 aromatic carbocycles. The Morgan fingerprint density at radius 1 is 1.10 bits per heavy atom. The normalized spacial score (nSPS) is 12.6. The lowest BCUT2D eigenvalue weighted by molar-refractivity contribution is 0.185. The van der Waals surface area contributed by atoms with Crippen molar-refractivity contribution in [3.05, 3.63) is 69.7 Å². The molecule has 0 saturated heterocycles. The van der Waals surface area contributed by atoms with E-state index in [1.54, 1.807) is 0 Å². The van der Waals surface area contributed by atoms with Crippen LogP contribution in [0.25, 0.3) is 0 Å². The van der Waals surface area contributed by atoms with Gasteiger partial charge >= 0.3 is 0 Å². The highest BCUT2D eigenvalue weighted by molar-refractivity contribution is 6.73. The van der Waals surface area contributed by atoms with Crippen molar-refractivity contribution in [2.24, 2.45) is 0 Å². The molecule has 0 spiro atoms. The summed E-state index contributed by atoms with van der Waals surface area (Å²) in [7, 11) is -1.96. The van der Waals surface area contributed by atoms with E-state index in [0.29, 0.717) is 29.2 Å². The molecule has 6 heteroatoms. The Labute approximate surface area is 178 Å². The van der Waals surface area contributed by atoms with Crippen LogP contribution in [0.15, 0.2) is 36.4 Å². The molecule has 156 valence electrons. The highest BCUT2D eigenvalue weighted by Crippen LogP contribution is 2.34. The first kappa shape index (κ1) is 23.6. The SMILES string of the molecule is C#Cc1cccc(Cl)c1C(CNCc1cc(F)cc(F)c1)O[Si](CC)(CC)CC. The zero-order valence-corrected chi connectivity index (χ0v) is 19.0. The van der Waals surface area contributed by atoms with E-state index in [-0.39, 0.29) is 6.10 Å². The van der Waals surface area contributed by atoms with Crippen LogP contribution in [-0.2, 0) is 11.0 Å². The minimum absolute atomic E-state index is 0.309. The van der Waals surface area contributed by atoms with Crippen molar-refractivity contribution >= 4 is 19.9 Å². The molecule has 0 bridgehead atoms. The van der Waals surface area contributed by atoms with Gasteiger partial charge in [0.05, 0.1) is 6.10 Å². The van der Waals surface area contributed by atoms with Crippen molar-refractivity contribution < 1.29 is 13.2 Å². The minimum Gasteiger partial charge on any atom is -0.409 e. The lowest BCUT2D eigenvalue weighted by Crippen LogP contribution is -2.40. The molecule has 0 radical (unpaired) electrons. The van der Waals surface area contributed by atoms with Gasteiger partial charge in [-0.25, -0.2) is 8.78 Å². The molecule has 0 saturated carbocycles. The van der Waals surface area contributed by atoms with Crippen molar-refractivity contribution in [2.75, 3.05) is 6.54 Å². The molecule has 0 fully saturated rings. The first-order valence-electron chi connectivity index (χ1n) is 9.96. The lowest BCUT2D eigenvalue weighted by Gasteiger charge is -2.34. The van der Waals surface area contributed by atoms with Crippen LogP contribution < -0.4 is 5.32 Å². The van der Waals surface area contributed by atoms with Crippen LogP contribution in [0, 0.1) is 24.0 Å². The van der Waals surface area contributed by atoms with Crippen LogP contribution >= 0.6 is 11.6 Å². The second kappa shape index (κ2) is 10.9. The van der Waals surface area contributed by atoms with Gasteiger partial charge in [-0.1, -0.05) is 44.4 Å². The van der Waals surface area contributed by atoms with Gasteiger partial charge in [-0.2, -0.15) is 0 Å². The molecule has 0 aliphatic rings. The average molecular weight is 436 g/mol. The van der Waals surface area contributed by atoms with Crippen LogP contribution in [-0.4, -0.2) is 14.9 Å². The maximum atomic E-state index is 13.5.